The van der Waals surface area contributed by atoms with Crippen LogP contribution in [-0.2, 0) is 0 Å². The summed E-state index contributed by atoms with van der Waals surface area (Å²) >= 11 is 0. The Balaban J connectivity index is 2.40. The zero-order valence-electron chi connectivity index (χ0n) is 10.6. The van der Waals surface area contributed by atoms with E-state index >= 15 is 0 Å². The average molecular weight is 211 g/mol. The van der Waals surface area contributed by atoms with Crippen molar-refractivity contribution in [3.63, 3.8) is 0 Å². The van der Waals surface area contributed by atoms with Gasteiger partial charge in [-0.3, -0.25) is 4.99 Å². The van der Waals surface area contributed by atoms with Gasteiger partial charge < -0.3 is 10.2 Å². The minimum absolute atomic E-state index is 0.447. The van der Waals surface area contributed by atoms with E-state index in [1.165, 1.54) is 19.3 Å². The molecule has 3 nitrogen and oxygen atoms in total. The first-order chi connectivity index (χ1) is 7.09. The molecule has 1 rings (SSSR count). The molecule has 1 fully saturated rings. The Morgan fingerprint density at radius 1 is 1.47 bits per heavy atom. The standard InChI is InChI=1S/C12H25N3/c1-5-6-8-14-11(13-4)15-9-7-12(2,3)10-15/h5-10H2,1-4H3,(H,13,14). The fourth-order valence-electron chi connectivity index (χ4n) is 2.00. The monoisotopic (exact) mass is 211 g/mol. The van der Waals surface area contributed by atoms with Crippen molar-refractivity contribution in [2.24, 2.45) is 10.4 Å². The predicted octanol–water partition coefficient (Wildman–Crippen LogP) is 2.09. The summed E-state index contributed by atoms with van der Waals surface area (Å²) in [5.41, 5.74) is 0.447. The van der Waals surface area contributed by atoms with E-state index in [0.717, 1.165) is 25.6 Å². The van der Waals surface area contributed by atoms with Crippen LogP contribution < -0.4 is 5.32 Å². The molecule has 0 atom stereocenters. The molecule has 1 N–H and O–H groups in total. The Morgan fingerprint density at radius 3 is 2.67 bits per heavy atom. The third-order valence-corrected chi connectivity index (χ3v) is 3.00. The number of nitrogens with zero attached hydrogens (tertiary/aromatic N) is 2. The van der Waals surface area contributed by atoms with Crippen molar-refractivity contribution >= 4 is 5.96 Å². The zero-order valence-corrected chi connectivity index (χ0v) is 10.6. The normalized spacial score (nSPS) is 20.8. The lowest BCUT2D eigenvalue weighted by Gasteiger charge is -2.23. The molecule has 0 bridgehead atoms. The Hall–Kier alpha value is -0.730. The van der Waals surface area contributed by atoms with Gasteiger partial charge in [-0.25, -0.2) is 0 Å². The number of hydrogen-bond donors (Lipinski definition) is 1. The molecule has 0 aliphatic carbocycles. The number of aliphatic imine (C=N–C) groups is 1. The van der Waals surface area contributed by atoms with Crippen LogP contribution in [-0.4, -0.2) is 37.5 Å². The summed E-state index contributed by atoms with van der Waals surface area (Å²) in [5.74, 6) is 1.08. The molecule has 0 unspecified atom stereocenters. The zero-order chi connectivity index (χ0) is 11.3. The quantitative estimate of drug-likeness (QED) is 0.440. The van der Waals surface area contributed by atoms with Crippen LogP contribution in [0.5, 0.6) is 0 Å². The Morgan fingerprint density at radius 2 is 2.20 bits per heavy atom. The number of unbranched alkanes of at least 4 members (excludes halogenated alkanes) is 1. The van der Waals surface area contributed by atoms with Gasteiger partial charge in [0.05, 0.1) is 0 Å². The molecule has 1 heterocycles. The molecule has 15 heavy (non-hydrogen) atoms. The van der Waals surface area contributed by atoms with Crippen LogP contribution in [0.4, 0.5) is 0 Å². The second-order valence-electron chi connectivity index (χ2n) is 5.16. The van der Waals surface area contributed by atoms with E-state index in [1.54, 1.807) is 0 Å². The van der Waals surface area contributed by atoms with Gasteiger partial charge in [0.15, 0.2) is 5.96 Å². The average Bonchev–Trinajstić information content (AvgIpc) is 2.54. The van der Waals surface area contributed by atoms with Crippen LogP contribution in [0.25, 0.3) is 0 Å². The van der Waals surface area contributed by atoms with E-state index in [2.05, 4.69) is 36.0 Å². The Labute approximate surface area is 94.0 Å². The molecule has 0 amide bonds. The molecule has 1 saturated heterocycles. The first-order valence-electron chi connectivity index (χ1n) is 6.04. The fraction of sp³-hybridized carbons (Fsp3) is 0.917. The van der Waals surface area contributed by atoms with Gasteiger partial charge in [0.1, 0.15) is 0 Å². The molecule has 1 aliphatic heterocycles. The molecular weight excluding hydrogens is 186 g/mol. The molecule has 88 valence electrons. The third kappa shape index (κ3) is 3.73. The van der Waals surface area contributed by atoms with E-state index in [4.69, 9.17) is 0 Å². The van der Waals surface area contributed by atoms with Crippen LogP contribution in [0.2, 0.25) is 0 Å². The highest BCUT2D eigenvalue weighted by molar-refractivity contribution is 5.80. The number of nitrogens with one attached hydrogen (secondary N) is 1. The number of likely N-dealkylation sites (tertiary alicyclic amines) is 1. The minimum atomic E-state index is 0.447. The van der Waals surface area contributed by atoms with Gasteiger partial charge in [-0.2, -0.15) is 0 Å². The van der Waals surface area contributed by atoms with Gasteiger partial charge >= 0.3 is 0 Å². The molecule has 1 aliphatic rings. The maximum Gasteiger partial charge on any atom is 0.193 e. The van der Waals surface area contributed by atoms with E-state index in [9.17, 15) is 0 Å². The van der Waals surface area contributed by atoms with E-state index in [1.807, 2.05) is 7.05 Å². The van der Waals surface area contributed by atoms with Crippen molar-refractivity contribution in [2.75, 3.05) is 26.7 Å². The first-order valence-corrected chi connectivity index (χ1v) is 6.04. The van der Waals surface area contributed by atoms with Gasteiger partial charge in [0, 0.05) is 26.7 Å². The molecule has 0 aromatic heterocycles. The van der Waals surface area contributed by atoms with Crippen molar-refractivity contribution < 1.29 is 0 Å². The summed E-state index contributed by atoms with van der Waals surface area (Å²) in [6.45, 7) is 10.2. The molecule has 0 radical (unpaired) electrons. The van der Waals surface area contributed by atoms with Crippen molar-refractivity contribution in [3.8, 4) is 0 Å². The van der Waals surface area contributed by atoms with Crippen molar-refractivity contribution in [1.82, 2.24) is 10.2 Å². The lowest BCUT2D eigenvalue weighted by molar-refractivity contribution is 0.370. The van der Waals surface area contributed by atoms with Crippen LogP contribution >= 0.6 is 0 Å². The highest BCUT2D eigenvalue weighted by Crippen LogP contribution is 2.28. The van der Waals surface area contributed by atoms with E-state index in [0.29, 0.717) is 5.41 Å². The Bertz CT molecular complexity index is 221. The molecular formula is C12H25N3. The lowest BCUT2D eigenvalue weighted by atomic mass is 9.93. The van der Waals surface area contributed by atoms with Gasteiger partial charge in [-0.05, 0) is 18.3 Å². The van der Waals surface area contributed by atoms with Crippen LogP contribution in [0.3, 0.4) is 0 Å². The smallest absolute Gasteiger partial charge is 0.193 e. The summed E-state index contributed by atoms with van der Waals surface area (Å²) in [5, 5.41) is 3.43. The first kappa shape index (κ1) is 12.3. The lowest BCUT2D eigenvalue weighted by Crippen LogP contribution is -2.41. The van der Waals surface area contributed by atoms with Gasteiger partial charge in [-0.15, -0.1) is 0 Å². The largest absolute Gasteiger partial charge is 0.356 e. The fourth-order valence-corrected chi connectivity index (χ4v) is 2.00. The van der Waals surface area contributed by atoms with Crippen LogP contribution in [0.15, 0.2) is 4.99 Å². The second kappa shape index (κ2) is 5.38. The topological polar surface area (TPSA) is 27.6 Å². The maximum atomic E-state index is 4.34. The van der Waals surface area contributed by atoms with Crippen molar-refractivity contribution in [2.45, 2.75) is 40.0 Å². The molecule has 0 spiro atoms. The van der Waals surface area contributed by atoms with Crippen molar-refractivity contribution in [1.29, 1.82) is 0 Å². The number of guanidine groups is 1. The summed E-state index contributed by atoms with van der Waals surface area (Å²) < 4.78 is 0. The van der Waals surface area contributed by atoms with Gasteiger partial charge in [0.2, 0.25) is 0 Å². The van der Waals surface area contributed by atoms with Gasteiger partial charge in [-0.1, -0.05) is 27.2 Å². The molecule has 0 saturated carbocycles. The molecule has 0 aromatic carbocycles. The highest BCUT2D eigenvalue weighted by Gasteiger charge is 2.30. The molecule has 3 heteroatoms. The SMILES string of the molecule is CCCCNC(=NC)N1CCC(C)(C)C1. The van der Waals surface area contributed by atoms with Crippen LogP contribution in [0, 0.1) is 5.41 Å². The summed E-state index contributed by atoms with van der Waals surface area (Å²) in [4.78, 5) is 6.71. The van der Waals surface area contributed by atoms with E-state index in [-0.39, 0.29) is 0 Å². The van der Waals surface area contributed by atoms with Crippen molar-refractivity contribution in [3.05, 3.63) is 0 Å². The van der Waals surface area contributed by atoms with Gasteiger partial charge in [0.25, 0.3) is 0 Å². The Kier molecular flexibility index (Phi) is 4.43. The van der Waals surface area contributed by atoms with Crippen LogP contribution in [0.1, 0.15) is 40.0 Å². The summed E-state index contributed by atoms with van der Waals surface area (Å²) in [6, 6.07) is 0. The second-order valence-corrected chi connectivity index (χ2v) is 5.16. The molecule has 0 aromatic rings. The maximum absolute atomic E-state index is 4.34. The predicted molar refractivity (Wildman–Crippen MR) is 66.2 cm³/mol. The number of rotatable bonds is 3. The summed E-state index contributed by atoms with van der Waals surface area (Å²) in [7, 11) is 1.87. The van der Waals surface area contributed by atoms with E-state index < -0.39 is 0 Å². The third-order valence-electron chi connectivity index (χ3n) is 3.00. The highest BCUT2D eigenvalue weighted by atomic mass is 15.3. The summed E-state index contributed by atoms with van der Waals surface area (Å²) in [6.07, 6.45) is 3.72. The number of hydrogen-bond acceptors (Lipinski definition) is 1. The minimum Gasteiger partial charge on any atom is -0.356 e.